The number of benzene rings is 4. The number of ether oxygens (including phenoxy) is 2. The Bertz CT molecular complexity index is 1770. The predicted octanol–water partition coefficient (Wildman–Crippen LogP) is 8.65. The van der Waals surface area contributed by atoms with Crippen LogP contribution in [-0.4, -0.2) is 11.9 Å². The monoisotopic (exact) mass is 560 g/mol. The molecule has 206 valence electrons. The van der Waals surface area contributed by atoms with Gasteiger partial charge in [0.2, 0.25) is 0 Å². The predicted molar refractivity (Wildman–Crippen MR) is 166 cm³/mol. The molecular weight excluding hydrogens is 528 g/mol. The van der Waals surface area contributed by atoms with Crippen molar-refractivity contribution < 1.29 is 19.1 Å². The topological polar surface area (TPSA) is 52.6 Å². The Balaban J connectivity index is 1.70. The average molecular weight is 561 g/mol. The van der Waals surface area contributed by atoms with Crippen LogP contribution in [0.1, 0.15) is 63.8 Å². The van der Waals surface area contributed by atoms with E-state index in [4.69, 9.17) is 22.1 Å². The number of hydrogen-bond donors (Lipinski definition) is 1. The first kappa shape index (κ1) is 27.1. The van der Waals surface area contributed by atoms with E-state index < -0.39 is 11.9 Å². The van der Waals surface area contributed by atoms with Crippen LogP contribution < -0.4 is 9.47 Å². The maximum Gasteiger partial charge on any atom is 0.345 e. The lowest BCUT2D eigenvalue weighted by atomic mass is 9.80. The Kier molecular flexibility index (Phi) is 6.27. The minimum atomic E-state index is -0.576. The number of carbonyl (C=O) groups excluding carboxylic acids is 2. The quantitative estimate of drug-likeness (QED) is 0.115. The Labute approximate surface area is 246 Å². The lowest BCUT2D eigenvalue weighted by molar-refractivity contribution is -0.129. The van der Waals surface area contributed by atoms with Gasteiger partial charge in [0.05, 0.1) is 11.1 Å². The number of rotatable bonds is 2. The van der Waals surface area contributed by atoms with Crippen LogP contribution in [0.5, 0.6) is 11.5 Å². The maximum absolute atomic E-state index is 13.8. The molecule has 0 radical (unpaired) electrons. The first-order chi connectivity index (χ1) is 19.4. The van der Waals surface area contributed by atoms with Crippen molar-refractivity contribution in [3.8, 4) is 33.8 Å². The molecule has 0 unspecified atom stereocenters. The van der Waals surface area contributed by atoms with E-state index in [1.54, 1.807) is 0 Å². The molecule has 2 aliphatic rings. The second-order valence-electron chi connectivity index (χ2n) is 12.7. The zero-order chi connectivity index (χ0) is 29.3. The van der Waals surface area contributed by atoms with Crippen LogP contribution in [0.15, 0.2) is 83.8 Å². The molecule has 4 aromatic rings. The molecule has 0 fully saturated rings. The summed E-state index contributed by atoms with van der Waals surface area (Å²) in [6.07, 6.45) is 0. The van der Waals surface area contributed by atoms with E-state index in [0.717, 1.165) is 33.4 Å². The van der Waals surface area contributed by atoms with E-state index in [-0.39, 0.29) is 22.0 Å². The van der Waals surface area contributed by atoms with Crippen LogP contribution in [0.2, 0.25) is 0 Å². The fourth-order valence-corrected chi connectivity index (χ4v) is 6.04. The summed E-state index contributed by atoms with van der Waals surface area (Å²) in [6, 6.07) is 26.0. The highest BCUT2D eigenvalue weighted by molar-refractivity contribution is 7.80. The van der Waals surface area contributed by atoms with Crippen LogP contribution in [0, 0.1) is 0 Å². The van der Waals surface area contributed by atoms with Crippen molar-refractivity contribution in [2.75, 3.05) is 0 Å². The van der Waals surface area contributed by atoms with Crippen molar-refractivity contribution in [3.05, 3.63) is 101 Å². The van der Waals surface area contributed by atoms with Gasteiger partial charge in [-0.25, -0.2) is 9.59 Å². The lowest BCUT2D eigenvalue weighted by Crippen LogP contribution is -2.13. The van der Waals surface area contributed by atoms with E-state index >= 15 is 0 Å². The Morgan fingerprint density at radius 3 is 1.66 bits per heavy atom. The van der Waals surface area contributed by atoms with Crippen molar-refractivity contribution >= 4 is 35.7 Å². The van der Waals surface area contributed by atoms with Crippen molar-refractivity contribution in [2.24, 2.45) is 0 Å². The highest BCUT2D eigenvalue weighted by Gasteiger charge is 2.44. The van der Waals surface area contributed by atoms with Gasteiger partial charge in [-0.3, -0.25) is 0 Å². The van der Waals surface area contributed by atoms with Crippen LogP contribution in [-0.2, 0) is 20.4 Å². The minimum Gasteiger partial charge on any atom is -0.422 e. The number of hydrogen-bond acceptors (Lipinski definition) is 5. The second kappa shape index (κ2) is 9.49. The first-order valence-corrected chi connectivity index (χ1v) is 14.2. The van der Waals surface area contributed by atoms with Gasteiger partial charge in [0, 0.05) is 27.1 Å². The normalized spacial score (nSPS) is 16.4. The van der Waals surface area contributed by atoms with Crippen molar-refractivity contribution in [1.29, 1.82) is 0 Å². The molecule has 6 rings (SSSR count). The summed E-state index contributed by atoms with van der Waals surface area (Å²) in [5.74, 6) is -0.202. The minimum absolute atomic E-state index is 0.196. The Hall–Kier alpha value is -4.09. The van der Waals surface area contributed by atoms with Gasteiger partial charge in [-0.2, -0.15) is 0 Å². The zero-order valence-corrected chi connectivity index (χ0v) is 25.0. The van der Waals surface area contributed by atoms with Crippen LogP contribution in [0.3, 0.4) is 0 Å². The van der Waals surface area contributed by atoms with Crippen molar-refractivity contribution in [1.82, 2.24) is 0 Å². The first-order valence-electron chi connectivity index (χ1n) is 13.8. The molecule has 5 heteroatoms. The SMILES string of the molecule is CC(C)(C)c1cc(-c2ccccc2)cc2c1OC(=O)C2=C1C(=O)Oc2c(C(C)(C)C)cc(-c3ccccc3)c(S)c21. The van der Waals surface area contributed by atoms with Crippen LogP contribution >= 0.6 is 12.6 Å². The molecule has 0 saturated heterocycles. The number of carbonyl (C=O) groups is 2. The Morgan fingerprint density at radius 1 is 0.561 bits per heavy atom. The number of thiol groups is 1. The molecule has 0 bridgehead atoms. The van der Waals surface area contributed by atoms with E-state index in [1.807, 2.05) is 72.8 Å². The van der Waals surface area contributed by atoms with E-state index in [2.05, 4.69) is 47.6 Å². The largest absolute Gasteiger partial charge is 0.422 e. The highest BCUT2D eigenvalue weighted by atomic mass is 32.1. The molecule has 41 heavy (non-hydrogen) atoms. The lowest BCUT2D eigenvalue weighted by Gasteiger charge is -2.24. The summed E-state index contributed by atoms with van der Waals surface area (Å²) in [5.41, 5.74) is 6.42. The van der Waals surface area contributed by atoms with Gasteiger partial charge < -0.3 is 9.47 Å². The smallest absolute Gasteiger partial charge is 0.345 e. The molecule has 0 spiro atoms. The van der Waals surface area contributed by atoms with Crippen LogP contribution in [0.4, 0.5) is 0 Å². The van der Waals surface area contributed by atoms with Gasteiger partial charge in [-0.15, -0.1) is 12.6 Å². The summed E-state index contributed by atoms with van der Waals surface area (Å²) in [4.78, 5) is 28.1. The van der Waals surface area contributed by atoms with Crippen molar-refractivity contribution in [3.63, 3.8) is 0 Å². The second-order valence-corrected chi connectivity index (χ2v) is 13.1. The third-order valence-electron chi connectivity index (χ3n) is 7.72. The molecule has 2 aliphatic heterocycles. The fourth-order valence-electron chi connectivity index (χ4n) is 5.63. The summed E-state index contributed by atoms with van der Waals surface area (Å²) >= 11 is 4.97. The van der Waals surface area contributed by atoms with Gasteiger partial charge in [-0.05, 0) is 51.3 Å². The standard InChI is InChI=1S/C36H32O4S/c1-35(2,3)25-18-22(20-13-9-7-10-14-20)17-24-27(33(37)39-30(24)25)28-29-31(40-34(28)38)26(36(4,5)6)19-23(32(29)41)21-15-11-8-12-16-21/h7-19,41H,1-6H3. The van der Waals surface area contributed by atoms with Gasteiger partial charge >= 0.3 is 11.9 Å². The molecule has 0 atom stereocenters. The number of fused-ring (bicyclic) bond motifs is 2. The molecule has 4 aromatic carbocycles. The third-order valence-corrected chi connectivity index (χ3v) is 8.18. The fraction of sp³-hybridized carbons (Fsp3) is 0.222. The van der Waals surface area contributed by atoms with E-state index in [9.17, 15) is 9.59 Å². The average Bonchev–Trinajstić information content (AvgIpc) is 3.43. The summed E-state index contributed by atoms with van der Waals surface area (Å²) in [5, 5.41) is 0. The van der Waals surface area contributed by atoms with Gasteiger partial charge in [0.1, 0.15) is 11.5 Å². The Morgan fingerprint density at radius 2 is 1.07 bits per heavy atom. The van der Waals surface area contributed by atoms with E-state index in [1.165, 1.54) is 0 Å². The molecule has 0 saturated carbocycles. The summed E-state index contributed by atoms with van der Waals surface area (Å²) in [7, 11) is 0. The molecule has 0 amide bonds. The molecule has 0 aromatic heterocycles. The molecule has 0 N–H and O–H groups in total. The molecule has 0 aliphatic carbocycles. The molecular formula is C36H32O4S. The third kappa shape index (κ3) is 4.49. The van der Waals surface area contributed by atoms with E-state index in [0.29, 0.717) is 27.5 Å². The molecule has 2 heterocycles. The number of esters is 2. The molecule has 4 nitrogen and oxygen atoms in total. The van der Waals surface area contributed by atoms with Gasteiger partial charge in [0.25, 0.3) is 0 Å². The van der Waals surface area contributed by atoms with Crippen LogP contribution in [0.25, 0.3) is 33.4 Å². The maximum atomic E-state index is 13.8. The zero-order valence-electron chi connectivity index (χ0n) is 24.1. The van der Waals surface area contributed by atoms with Gasteiger partial charge in [0.15, 0.2) is 0 Å². The highest BCUT2D eigenvalue weighted by Crippen LogP contribution is 2.54. The van der Waals surface area contributed by atoms with Gasteiger partial charge in [-0.1, -0.05) is 102 Å². The summed E-state index contributed by atoms with van der Waals surface area (Å²) in [6.45, 7) is 12.5. The summed E-state index contributed by atoms with van der Waals surface area (Å²) < 4.78 is 12.0. The van der Waals surface area contributed by atoms with Crippen molar-refractivity contribution in [2.45, 2.75) is 57.3 Å².